The van der Waals surface area contributed by atoms with Crippen LogP contribution in [0.3, 0.4) is 0 Å². The van der Waals surface area contributed by atoms with Crippen LogP contribution in [0.15, 0.2) is 97.3 Å². The first-order valence-corrected chi connectivity index (χ1v) is 20.2. The monoisotopic (exact) mass is 731 g/mol. The average molecular weight is 731 g/mol. The molecule has 3 aliphatic rings. The average Bonchev–Trinajstić information content (AvgIpc) is 3.25. The van der Waals surface area contributed by atoms with Crippen LogP contribution in [-0.2, 0) is 12.8 Å². The molecule has 0 spiro atoms. The fraction of sp³-hybridized carbons (Fsp3) is 0.511. The minimum atomic E-state index is 0.487. The number of allylic oxidation sites excluding steroid dienone is 1. The van der Waals surface area contributed by atoms with E-state index in [9.17, 15) is 0 Å². The number of hydrogen-bond donors (Lipinski definition) is 7. The number of benzene rings is 2. The summed E-state index contributed by atoms with van der Waals surface area (Å²) in [6.07, 6.45) is 16.1. The van der Waals surface area contributed by atoms with Crippen LogP contribution in [0.25, 0.3) is 5.70 Å². The lowest BCUT2D eigenvalue weighted by Gasteiger charge is -2.30. The second kappa shape index (κ2) is 29.3. The molecule has 0 saturated heterocycles. The van der Waals surface area contributed by atoms with E-state index in [1.807, 2.05) is 60.0 Å². The molecular weight excluding hydrogens is 653 g/mol. The minimum Gasteiger partial charge on any atom is -0.397 e. The second-order valence-electron chi connectivity index (χ2n) is 12.9. The summed E-state index contributed by atoms with van der Waals surface area (Å²) in [7, 11) is 1.50. The summed E-state index contributed by atoms with van der Waals surface area (Å²) >= 11 is 0. The molecule has 0 amide bonds. The molecule has 8 heteroatoms. The zero-order valence-electron chi connectivity index (χ0n) is 35.2. The standard InChI is InChI=1S/C32H45N5.C6H10N2.3C2H6.CH5N/c1-22-11-13-27(14-12-22)32(33)20-34-37-21-24(3)23(2)17-28-15-16-31(19-29(28)18-25(37)4)36-26(5)35-30-9-7-6-8-10-30;7-5-6-1-3-8-4-2-6;4*1-2/h11-16,19-20,23-24,30,34-36H,4-10,17-18,21,33H2,1-3H3;1-3,8H,4-5,7H2;3*1-2H3;2H2,1H3/b32-20-;;;;;/t23-,24?;;;;;/m1...../s1. The third kappa shape index (κ3) is 18.5. The number of rotatable bonds is 8. The molecule has 2 aromatic rings. The molecule has 1 aliphatic carbocycles. The zero-order chi connectivity index (χ0) is 40.2. The molecule has 2 aliphatic heterocycles. The van der Waals surface area contributed by atoms with Crippen LogP contribution in [-0.4, -0.2) is 37.7 Å². The topological polar surface area (TPSA) is 129 Å². The lowest BCUT2D eigenvalue weighted by atomic mass is 9.88. The van der Waals surface area contributed by atoms with Crippen molar-refractivity contribution in [3.8, 4) is 0 Å². The fourth-order valence-electron chi connectivity index (χ4n) is 6.00. The predicted octanol–water partition coefficient (Wildman–Crippen LogP) is 9.09. The van der Waals surface area contributed by atoms with Gasteiger partial charge in [0.1, 0.15) is 0 Å². The predicted molar refractivity (Wildman–Crippen MR) is 236 cm³/mol. The molecule has 8 nitrogen and oxygen atoms in total. The Balaban J connectivity index is 0.00000143. The van der Waals surface area contributed by atoms with Gasteiger partial charge in [-0.25, -0.2) is 0 Å². The van der Waals surface area contributed by atoms with Crippen LogP contribution in [0.2, 0.25) is 0 Å². The summed E-state index contributed by atoms with van der Waals surface area (Å²) in [5.74, 6) is 1.91. The van der Waals surface area contributed by atoms with Crippen molar-refractivity contribution in [2.45, 2.75) is 113 Å². The molecule has 0 aromatic heterocycles. The highest BCUT2D eigenvalue weighted by Gasteiger charge is 2.22. The molecule has 53 heavy (non-hydrogen) atoms. The number of hydrazine groups is 1. The molecule has 0 radical (unpaired) electrons. The molecule has 1 unspecified atom stereocenters. The van der Waals surface area contributed by atoms with Gasteiger partial charge in [0.15, 0.2) is 0 Å². The fourth-order valence-corrected chi connectivity index (χ4v) is 6.00. The molecular formula is C45H78N8. The third-order valence-electron chi connectivity index (χ3n) is 9.14. The Kier molecular flexibility index (Phi) is 27.0. The maximum Gasteiger partial charge on any atom is 0.0959 e. The van der Waals surface area contributed by atoms with E-state index in [4.69, 9.17) is 11.5 Å². The van der Waals surface area contributed by atoms with Gasteiger partial charge in [0, 0.05) is 49.7 Å². The van der Waals surface area contributed by atoms with Crippen LogP contribution in [0.4, 0.5) is 5.69 Å². The molecule has 1 fully saturated rings. The number of nitrogens with zero attached hydrogens (tertiary/aromatic N) is 1. The summed E-state index contributed by atoms with van der Waals surface area (Å²) < 4.78 is 0. The van der Waals surface area contributed by atoms with Gasteiger partial charge in [-0.1, -0.05) is 130 Å². The Hall–Kier alpha value is -4.14. The third-order valence-corrected chi connectivity index (χ3v) is 9.14. The highest BCUT2D eigenvalue weighted by Crippen LogP contribution is 2.28. The van der Waals surface area contributed by atoms with Crippen LogP contribution in [0, 0.1) is 18.8 Å². The second-order valence-corrected chi connectivity index (χ2v) is 12.9. The first kappa shape index (κ1) is 48.9. The van der Waals surface area contributed by atoms with Crippen molar-refractivity contribution in [2.24, 2.45) is 29.0 Å². The molecule has 2 heterocycles. The van der Waals surface area contributed by atoms with Gasteiger partial charge in [-0.15, -0.1) is 0 Å². The molecule has 0 bridgehead atoms. The summed E-state index contributed by atoms with van der Waals surface area (Å²) in [6.45, 7) is 29.9. The van der Waals surface area contributed by atoms with E-state index < -0.39 is 0 Å². The van der Waals surface area contributed by atoms with Gasteiger partial charge >= 0.3 is 0 Å². The summed E-state index contributed by atoms with van der Waals surface area (Å²) in [4.78, 5) is 0. The Morgan fingerprint density at radius 2 is 1.57 bits per heavy atom. The number of anilines is 1. The van der Waals surface area contributed by atoms with E-state index in [1.165, 1.54) is 61.4 Å². The van der Waals surface area contributed by atoms with Crippen LogP contribution >= 0.6 is 0 Å². The van der Waals surface area contributed by atoms with Crippen molar-refractivity contribution >= 4 is 11.4 Å². The zero-order valence-corrected chi connectivity index (χ0v) is 35.2. The number of nitrogens with two attached hydrogens (primary N) is 3. The Morgan fingerprint density at radius 3 is 2.13 bits per heavy atom. The van der Waals surface area contributed by atoms with E-state index >= 15 is 0 Å². The Morgan fingerprint density at radius 1 is 0.925 bits per heavy atom. The molecule has 10 N–H and O–H groups in total. The van der Waals surface area contributed by atoms with E-state index in [1.54, 1.807) is 0 Å². The first-order chi connectivity index (χ1) is 25.7. The van der Waals surface area contributed by atoms with E-state index in [-0.39, 0.29) is 0 Å². The van der Waals surface area contributed by atoms with Gasteiger partial charge in [-0.2, -0.15) is 0 Å². The van der Waals surface area contributed by atoms with Crippen molar-refractivity contribution in [1.29, 1.82) is 0 Å². The maximum atomic E-state index is 6.40. The van der Waals surface area contributed by atoms with E-state index in [2.05, 4.69) is 115 Å². The Labute approximate surface area is 325 Å². The lowest BCUT2D eigenvalue weighted by molar-refractivity contribution is 0.212. The number of dihydropyridines is 1. The van der Waals surface area contributed by atoms with Gasteiger partial charge < -0.3 is 38.6 Å². The molecule has 5 rings (SSSR count). The molecule has 2 atom stereocenters. The minimum absolute atomic E-state index is 0.487. The van der Waals surface area contributed by atoms with Gasteiger partial charge in [0.05, 0.1) is 11.5 Å². The van der Waals surface area contributed by atoms with Gasteiger partial charge in [0.2, 0.25) is 0 Å². The highest BCUT2D eigenvalue weighted by atomic mass is 15.5. The number of fused-ring (bicyclic) bond motifs is 1. The Bertz CT molecular complexity index is 1370. The van der Waals surface area contributed by atoms with Crippen LogP contribution in [0.5, 0.6) is 0 Å². The number of aryl methyl sites for hydroxylation is 1. The highest BCUT2D eigenvalue weighted by molar-refractivity contribution is 5.62. The molecule has 298 valence electrons. The molecule has 2 aromatic carbocycles. The maximum absolute atomic E-state index is 6.40. The molecule has 1 saturated carbocycles. The van der Waals surface area contributed by atoms with Gasteiger partial charge in [-0.3, -0.25) is 5.01 Å². The first-order valence-electron chi connectivity index (χ1n) is 20.2. The van der Waals surface area contributed by atoms with Crippen LogP contribution in [0.1, 0.15) is 110 Å². The largest absolute Gasteiger partial charge is 0.397 e. The van der Waals surface area contributed by atoms with Crippen molar-refractivity contribution in [3.63, 3.8) is 0 Å². The van der Waals surface area contributed by atoms with Crippen LogP contribution < -0.4 is 38.6 Å². The lowest BCUT2D eigenvalue weighted by Crippen LogP contribution is -2.38. The quantitative estimate of drug-likeness (QED) is 0.143. The van der Waals surface area contributed by atoms with E-state index in [0.717, 1.165) is 48.7 Å². The smallest absolute Gasteiger partial charge is 0.0959 e. The number of hydrogen-bond acceptors (Lipinski definition) is 8. The van der Waals surface area contributed by atoms with E-state index in [0.29, 0.717) is 30.1 Å². The van der Waals surface area contributed by atoms with Crippen molar-refractivity contribution in [2.75, 3.05) is 32.0 Å². The summed E-state index contributed by atoms with van der Waals surface area (Å²) in [6, 6.07) is 15.5. The summed E-state index contributed by atoms with van der Waals surface area (Å²) in [5.41, 5.74) is 28.7. The van der Waals surface area contributed by atoms with Gasteiger partial charge in [0.25, 0.3) is 0 Å². The number of nitrogens with one attached hydrogen (secondary N) is 4. The van der Waals surface area contributed by atoms with Crippen molar-refractivity contribution < 1.29 is 0 Å². The summed E-state index contributed by atoms with van der Waals surface area (Å²) in [5, 5.41) is 12.3. The van der Waals surface area contributed by atoms with Crippen molar-refractivity contribution in [3.05, 3.63) is 120 Å². The van der Waals surface area contributed by atoms with Gasteiger partial charge in [-0.05, 0) is 91.7 Å². The normalized spacial score (nSPS) is 18.0. The van der Waals surface area contributed by atoms with Crippen molar-refractivity contribution in [1.82, 2.24) is 21.1 Å². The SMILES string of the molecule is C=C(Nc1ccc2c(c1)CC(=C)N(N/C=C(\N)c1ccc(C)cc1)CC(C)[C@H](C)C2)NC1CCCCC1.CC.CC.CC.CN.NCC1=CCNC=C1.